The average molecular weight is 282 g/mol. The first-order valence-corrected chi connectivity index (χ1v) is 8.37. The van der Waals surface area contributed by atoms with Crippen LogP contribution in [0.3, 0.4) is 0 Å². The summed E-state index contributed by atoms with van der Waals surface area (Å²) >= 11 is 0. The Morgan fingerprint density at radius 3 is 2.76 bits per heavy atom. The van der Waals surface area contributed by atoms with E-state index in [1.54, 1.807) is 0 Å². The summed E-state index contributed by atoms with van der Waals surface area (Å²) in [5.74, 6) is 1.58. The molecule has 0 saturated heterocycles. The highest BCUT2D eigenvalue weighted by atomic mass is 14.7. The van der Waals surface area contributed by atoms with E-state index in [4.69, 9.17) is 5.73 Å². The number of hydrogen-bond donors (Lipinski definition) is 1. The molecule has 1 fully saturated rings. The molecule has 3 rings (SSSR count). The molecule has 1 unspecified atom stereocenters. The molecule has 1 aliphatic rings. The Morgan fingerprint density at radius 1 is 1.19 bits per heavy atom. The first-order valence-electron chi connectivity index (χ1n) is 8.37. The average Bonchev–Trinajstić information content (AvgIpc) is 2.55. The Bertz CT molecular complexity index is 580. The van der Waals surface area contributed by atoms with Crippen LogP contribution >= 0.6 is 0 Å². The van der Waals surface area contributed by atoms with Gasteiger partial charge in [-0.05, 0) is 41.7 Å². The minimum atomic E-state index is 0.165. The smallest absolute Gasteiger partial charge is 0.0346 e. The van der Waals surface area contributed by atoms with Crippen LogP contribution in [0.4, 0.5) is 0 Å². The van der Waals surface area contributed by atoms with Gasteiger partial charge in [-0.3, -0.25) is 4.98 Å². The summed E-state index contributed by atoms with van der Waals surface area (Å²) in [5, 5.41) is 2.47. The fourth-order valence-electron chi connectivity index (χ4n) is 3.94. The molecule has 1 heterocycles. The number of nitrogens with two attached hydrogens (primary N) is 1. The van der Waals surface area contributed by atoms with E-state index in [-0.39, 0.29) is 6.04 Å². The second kappa shape index (κ2) is 6.57. The van der Waals surface area contributed by atoms with E-state index in [0.29, 0.717) is 5.92 Å². The van der Waals surface area contributed by atoms with Crippen molar-refractivity contribution in [3.05, 3.63) is 42.2 Å². The van der Waals surface area contributed by atoms with Crippen LogP contribution in [0.5, 0.6) is 0 Å². The maximum Gasteiger partial charge on any atom is 0.0346 e. The lowest BCUT2D eigenvalue weighted by molar-refractivity contribution is 0.235. The van der Waals surface area contributed by atoms with Gasteiger partial charge in [0.2, 0.25) is 0 Å². The summed E-state index contributed by atoms with van der Waals surface area (Å²) in [7, 11) is 0. The molecular weight excluding hydrogens is 256 g/mol. The molecule has 1 atom stereocenters. The quantitative estimate of drug-likeness (QED) is 0.871. The topological polar surface area (TPSA) is 38.9 Å². The minimum Gasteiger partial charge on any atom is -0.324 e. The summed E-state index contributed by atoms with van der Waals surface area (Å²) in [4.78, 5) is 4.22. The van der Waals surface area contributed by atoms with Crippen LogP contribution in [0.2, 0.25) is 0 Å². The van der Waals surface area contributed by atoms with Crippen molar-refractivity contribution in [2.75, 3.05) is 0 Å². The first kappa shape index (κ1) is 14.5. The van der Waals surface area contributed by atoms with Crippen LogP contribution in [0.15, 0.2) is 36.7 Å². The second-order valence-corrected chi connectivity index (χ2v) is 6.54. The third kappa shape index (κ3) is 3.11. The summed E-state index contributed by atoms with van der Waals surface area (Å²) in [5.41, 5.74) is 7.93. The van der Waals surface area contributed by atoms with E-state index >= 15 is 0 Å². The zero-order valence-corrected chi connectivity index (χ0v) is 13.0. The summed E-state index contributed by atoms with van der Waals surface area (Å²) in [6.07, 6.45) is 11.8. The summed E-state index contributed by atoms with van der Waals surface area (Å²) < 4.78 is 0. The lowest BCUT2D eigenvalue weighted by Gasteiger charge is -2.32. The predicted octanol–water partition coefficient (Wildman–Crippen LogP) is 4.84. The van der Waals surface area contributed by atoms with Crippen molar-refractivity contribution in [3.8, 4) is 0 Å². The fraction of sp³-hybridized carbons (Fsp3) is 0.526. The monoisotopic (exact) mass is 282 g/mol. The van der Waals surface area contributed by atoms with Gasteiger partial charge in [-0.2, -0.15) is 0 Å². The number of aromatic nitrogens is 1. The molecule has 21 heavy (non-hydrogen) atoms. The maximum absolute atomic E-state index is 6.63. The van der Waals surface area contributed by atoms with Gasteiger partial charge in [-0.1, -0.05) is 50.8 Å². The maximum atomic E-state index is 6.63. The highest BCUT2D eigenvalue weighted by Crippen LogP contribution is 2.38. The van der Waals surface area contributed by atoms with Crippen LogP contribution in [0.1, 0.15) is 57.1 Å². The standard InChI is InChI=1S/C19H26N2/c1-2-4-14-7-9-15(10-8-14)19(20)18-6-3-5-16-13-21-12-11-17(16)18/h3,5-6,11-15,19H,2,4,7-10,20H2,1H3. The van der Waals surface area contributed by atoms with Crippen molar-refractivity contribution in [3.63, 3.8) is 0 Å². The zero-order valence-electron chi connectivity index (χ0n) is 13.0. The molecule has 1 saturated carbocycles. The molecule has 0 aliphatic heterocycles. The number of pyridine rings is 1. The van der Waals surface area contributed by atoms with Crippen LogP contribution in [0.25, 0.3) is 10.8 Å². The molecule has 0 amide bonds. The zero-order chi connectivity index (χ0) is 14.7. The van der Waals surface area contributed by atoms with Gasteiger partial charge in [0.15, 0.2) is 0 Å². The molecule has 2 aromatic rings. The third-order valence-corrected chi connectivity index (χ3v) is 5.17. The molecule has 2 N–H and O–H groups in total. The van der Waals surface area contributed by atoms with Crippen LogP contribution in [0, 0.1) is 11.8 Å². The number of rotatable bonds is 4. The molecule has 0 spiro atoms. The lowest BCUT2D eigenvalue weighted by Crippen LogP contribution is -2.26. The second-order valence-electron chi connectivity index (χ2n) is 6.54. The number of nitrogens with zero attached hydrogens (tertiary/aromatic N) is 1. The predicted molar refractivity (Wildman–Crippen MR) is 89.0 cm³/mol. The molecule has 1 aliphatic carbocycles. The van der Waals surface area contributed by atoms with Gasteiger partial charge in [-0.15, -0.1) is 0 Å². The molecule has 1 aromatic carbocycles. The molecule has 0 radical (unpaired) electrons. The van der Waals surface area contributed by atoms with E-state index in [1.165, 1.54) is 54.9 Å². The SMILES string of the molecule is CCCC1CCC(C(N)c2cccc3cnccc23)CC1. The number of benzene rings is 1. The van der Waals surface area contributed by atoms with Crippen LogP contribution < -0.4 is 5.73 Å². The number of fused-ring (bicyclic) bond motifs is 1. The Hall–Kier alpha value is -1.41. The van der Waals surface area contributed by atoms with Crippen molar-refractivity contribution < 1.29 is 0 Å². The van der Waals surface area contributed by atoms with Gasteiger partial charge in [0.05, 0.1) is 0 Å². The summed E-state index contributed by atoms with van der Waals surface area (Å²) in [6.45, 7) is 2.29. The number of hydrogen-bond acceptors (Lipinski definition) is 2. The lowest BCUT2D eigenvalue weighted by atomic mass is 9.75. The molecule has 2 nitrogen and oxygen atoms in total. The van der Waals surface area contributed by atoms with Crippen molar-refractivity contribution in [2.24, 2.45) is 17.6 Å². The molecular formula is C19H26N2. The van der Waals surface area contributed by atoms with Gasteiger partial charge in [0.25, 0.3) is 0 Å². The summed E-state index contributed by atoms with van der Waals surface area (Å²) in [6, 6.07) is 8.70. The van der Waals surface area contributed by atoms with Crippen molar-refractivity contribution in [1.82, 2.24) is 4.98 Å². The molecule has 2 heteroatoms. The fourth-order valence-corrected chi connectivity index (χ4v) is 3.94. The van der Waals surface area contributed by atoms with Crippen molar-refractivity contribution >= 4 is 10.8 Å². The largest absolute Gasteiger partial charge is 0.324 e. The molecule has 1 aromatic heterocycles. The Morgan fingerprint density at radius 2 is 2.00 bits per heavy atom. The van der Waals surface area contributed by atoms with E-state index in [1.807, 2.05) is 12.4 Å². The molecule has 0 bridgehead atoms. The van der Waals surface area contributed by atoms with Gasteiger partial charge in [0.1, 0.15) is 0 Å². The highest BCUT2D eigenvalue weighted by Gasteiger charge is 2.26. The van der Waals surface area contributed by atoms with Crippen molar-refractivity contribution in [2.45, 2.75) is 51.5 Å². The van der Waals surface area contributed by atoms with Crippen LogP contribution in [-0.2, 0) is 0 Å². The van der Waals surface area contributed by atoms with E-state index in [2.05, 4.69) is 36.2 Å². The van der Waals surface area contributed by atoms with Gasteiger partial charge in [-0.25, -0.2) is 0 Å². The van der Waals surface area contributed by atoms with Crippen molar-refractivity contribution in [1.29, 1.82) is 0 Å². The van der Waals surface area contributed by atoms with Gasteiger partial charge < -0.3 is 5.73 Å². The van der Waals surface area contributed by atoms with E-state index in [9.17, 15) is 0 Å². The Labute approximate surface area is 127 Å². The molecule has 112 valence electrons. The Kier molecular flexibility index (Phi) is 4.54. The highest BCUT2D eigenvalue weighted by molar-refractivity contribution is 5.85. The first-order chi connectivity index (χ1) is 10.3. The Balaban J connectivity index is 1.77. The van der Waals surface area contributed by atoms with E-state index < -0.39 is 0 Å². The van der Waals surface area contributed by atoms with E-state index in [0.717, 1.165) is 5.92 Å². The van der Waals surface area contributed by atoms with Gasteiger partial charge >= 0.3 is 0 Å². The van der Waals surface area contributed by atoms with Gasteiger partial charge in [0, 0.05) is 23.8 Å². The third-order valence-electron chi connectivity index (χ3n) is 5.17. The minimum absolute atomic E-state index is 0.165. The van der Waals surface area contributed by atoms with Crippen LogP contribution in [-0.4, -0.2) is 4.98 Å². The normalized spacial score (nSPS) is 24.1.